The molecule has 1 fully saturated rings. The average Bonchev–Trinajstić information content (AvgIpc) is 2.66. The maximum absolute atomic E-state index is 4.49. The molecule has 0 aliphatic carbocycles. The summed E-state index contributed by atoms with van der Waals surface area (Å²) >= 11 is 3.51. The minimum atomic E-state index is 0.652. The number of hydrogen-bond donors (Lipinski definition) is 0. The summed E-state index contributed by atoms with van der Waals surface area (Å²) in [5.41, 5.74) is 0. The van der Waals surface area contributed by atoms with E-state index in [-0.39, 0.29) is 0 Å². The molecule has 0 bridgehead atoms. The fourth-order valence-electron chi connectivity index (χ4n) is 2.17. The van der Waals surface area contributed by atoms with Crippen LogP contribution >= 0.6 is 15.9 Å². The smallest absolute Gasteiger partial charge is 0.132 e. The predicted molar refractivity (Wildman–Crippen MR) is 65.5 cm³/mol. The molecule has 0 saturated carbocycles. The molecule has 0 N–H and O–H groups in total. The molecule has 1 aromatic heterocycles. The second-order valence-corrected chi connectivity index (χ2v) is 4.72. The van der Waals surface area contributed by atoms with Crippen molar-refractivity contribution in [1.82, 2.24) is 9.97 Å². The Hall–Kier alpha value is -0.640. The van der Waals surface area contributed by atoms with Gasteiger partial charge in [0.25, 0.3) is 0 Å². The van der Waals surface area contributed by atoms with E-state index in [1.54, 1.807) is 0 Å². The zero-order valence-corrected chi connectivity index (χ0v) is 10.6. The number of anilines is 1. The minimum Gasteiger partial charge on any atom is -0.353 e. The van der Waals surface area contributed by atoms with Crippen molar-refractivity contribution in [3.8, 4) is 0 Å². The van der Waals surface area contributed by atoms with Crippen molar-refractivity contribution in [3.63, 3.8) is 0 Å². The number of rotatable bonds is 3. The van der Waals surface area contributed by atoms with Crippen molar-refractivity contribution in [2.75, 3.05) is 16.8 Å². The highest BCUT2D eigenvalue weighted by Crippen LogP contribution is 2.25. The monoisotopic (exact) mass is 269 g/mol. The molecule has 0 spiro atoms. The lowest BCUT2D eigenvalue weighted by molar-refractivity contribution is 0.646. The number of halogens is 1. The lowest BCUT2D eigenvalue weighted by Gasteiger charge is -2.25. The predicted octanol–water partition coefficient (Wildman–Crippen LogP) is 2.54. The maximum atomic E-state index is 4.49. The normalized spacial score (nSPS) is 20.9. The van der Waals surface area contributed by atoms with Crippen molar-refractivity contribution in [2.45, 2.75) is 32.2 Å². The van der Waals surface area contributed by atoms with E-state index in [1.165, 1.54) is 19.3 Å². The summed E-state index contributed by atoms with van der Waals surface area (Å²) < 4.78 is 0. The number of aryl methyl sites for hydroxylation is 1. The molecule has 3 nitrogen and oxygen atoms in total. The lowest BCUT2D eigenvalue weighted by Crippen LogP contribution is -2.30. The van der Waals surface area contributed by atoms with Crippen LogP contribution in [-0.4, -0.2) is 27.9 Å². The number of alkyl halides is 1. The Kier molecular flexibility index (Phi) is 3.57. The van der Waals surface area contributed by atoms with Gasteiger partial charge >= 0.3 is 0 Å². The van der Waals surface area contributed by atoms with Gasteiger partial charge in [0.1, 0.15) is 11.6 Å². The molecule has 0 radical (unpaired) electrons. The molecule has 2 rings (SSSR count). The topological polar surface area (TPSA) is 29.0 Å². The Morgan fingerprint density at radius 3 is 3.20 bits per heavy atom. The van der Waals surface area contributed by atoms with Crippen LogP contribution in [0.4, 0.5) is 5.82 Å². The van der Waals surface area contributed by atoms with Gasteiger partial charge in [0.05, 0.1) is 0 Å². The van der Waals surface area contributed by atoms with Gasteiger partial charge in [-0.15, -0.1) is 0 Å². The third kappa shape index (κ3) is 2.48. The summed E-state index contributed by atoms with van der Waals surface area (Å²) in [4.78, 5) is 11.0. The van der Waals surface area contributed by atoms with Gasteiger partial charge in [-0.05, 0) is 32.3 Å². The van der Waals surface area contributed by atoms with Gasteiger partial charge in [0.15, 0.2) is 0 Å². The van der Waals surface area contributed by atoms with Crippen LogP contribution in [0.2, 0.25) is 0 Å². The van der Waals surface area contributed by atoms with Crippen molar-refractivity contribution in [3.05, 3.63) is 18.1 Å². The SMILES string of the molecule is Cc1nccc(N2CCCC2CCBr)n1. The van der Waals surface area contributed by atoms with Gasteiger partial charge in [-0.1, -0.05) is 15.9 Å². The zero-order valence-electron chi connectivity index (χ0n) is 8.99. The van der Waals surface area contributed by atoms with E-state index in [4.69, 9.17) is 0 Å². The summed E-state index contributed by atoms with van der Waals surface area (Å²) in [5, 5.41) is 1.07. The van der Waals surface area contributed by atoms with Crippen molar-refractivity contribution < 1.29 is 0 Å². The van der Waals surface area contributed by atoms with Gasteiger partial charge in [-0.25, -0.2) is 9.97 Å². The molecule has 1 unspecified atom stereocenters. The molecule has 0 amide bonds. The van der Waals surface area contributed by atoms with Crippen LogP contribution in [0.3, 0.4) is 0 Å². The van der Waals surface area contributed by atoms with Gasteiger partial charge in [-0.3, -0.25) is 0 Å². The van der Waals surface area contributed by atoms with E-state index in [1.807, 2.05) is 19.2 Å². The summed E-state index contributed by atoms with van der Waals surface area (Å²) in [6.45, 7) is 3.08. The van der Waals surface area contributed by atoms with Crippen LogP contribution < -0.4 is 4.90 Å². The van der Waals surface area contributed by atoms with E-state index in [0.717, 1.165) is 23.5 Å². The Balaban J connectivity index is 2.15. The third-order valence-corrected chi connectivity index (χ3v) is 3.33. The standard InChI is InChI=1S/C11H16BrN3/c1-9-13-7-5-11(14-9)15-8-2-3-10(15)4-6-12/h5,7,10H,2-4,6,8H2,1H3. The fourth-order valence-corrected chi connectivity index (χ4v) is 2.70. The van der Waals surface area contributed by atoms with Crippen LogP contribution in [-0.2, 0) is 0 Å². The minimum absolute atomic E-state index is 0.652. The molecule has 15 heavy (non-hydrogen) atoms. The van der Waals surface area contributed by atoms with Gasteiger partial charge in [0.2, 0.25) is 0 Å². The first-order valence-corrected chi connectivity index (χ1v) is 6.55. The molecule has 2 heterocycles. The highest BCUT2D eigenvalue weighted by Gasteiger charge is 2.24. The zero-order chi connectivity index (χ0) is 10.7. The largest absolute Gasteiger partial charge is 0.353 e. The van der Waals surface area contributed by atoms with Crippen LogP contribution in [0.15, 0.2) is 12.3 Å². The van der Waals surface area contributed by atoms with Crippen LogP contribution in [0.5, 0.6) is 0 Å². The number of nitrogens with zero attached hydrogens (tertiary/aromatic N) is 3. The van der Waals surface area contributed by atoms with E-state index >= 15 is 0 Å². The summed E-state index contributed by atoms with van der Waals surface area (Å²) in [7, 11) is 0. The molecule has 1 atom stereocenters. The molecule has 0 aromatic carbocycles. The third-order valence-electron chi connectivity index (χ3n) is 2.88. The van der Waals surface area contributed by atoms with E-state index in [2.05, 4.69) is 30.8 Å². The number of aromatic nitrogens is 2. The van der Waals surface area contributed by atoms with Crippen LogP contribution in [0, 0.1) is 6.92 Å². The highest BCUT2D eigenvalue weighted by atomic mass is 79.9. The Bertz CT molecular complexity index is 329. The first-order chi connectivity index (χ1) is 7.31. The van der Waals surface area contributed by atoms with E-state index in [9.17, 15) is 0 Å². The summed E-state index contributed by atoms with van der Waals surface area (Å²) in [6, 6.07) is 2.66. The Labute approximate surface area is 99.0 Å². The first-order valence-electron chi connectivity index (χ1n) is 5.43. The Morgan fingerprint density at radius 2 is 2.47 bits per heavy atom. The highest BCUT2D eigenvalue weighted by molar-refractivity contribution is 9.09. The van der Waals surface area contributed by atoms with Crippen LogP contribution in [0.25, 0.3) is 0 Å². The molecule has 82 valence electrons. The van der Waals surface area contributed by atoms with Gasteiger partial charge in [-0.2, -0.15) is 0 Å². The summed E-state index contributed by atoms with van der Waals surface area (Å²) in [6.07, 6.45) is 5.61. The second-order valence-electron chi connectivity index (χ2n) is 3.93. The fraction of sp³-hybridized carbons (Fsp3) is 0.636. The van der Waals surface area contributed by atoms with Crippen molar-refractivity contribution >= 4 is 21.7 Å². The number of hydrogen-bond acceptors (Lipinski definition) is 3. The molecule has 1 aliphatic rings. The maximum Gasteiger partial charge on any atom is 0.132 e. The van der Waals surface area contributed by atoms with Gasteiger partial charge < -0.3 is 4.90 Å². The first kappa shape index (κ1) is 10.9. The molecule has 1 aromatic rings. The molecular formula is C11H16BrN3. The summed E-state index contributed by atoms with van der Waals surface area (Å²) in [5.74, 6) is 1.95. The molecular weight excluding hydrogens is 254 g/mol. The van der Waals surface area contributed by atoms with Crippen molar-refractivity contribution in [1.29, 1.82) is 0 Å². The quantitative estimate of drug-likeness (QED) is 0.790. The molecule has 1 saturated heterocycles. The average molecular weight is 270 g/mol. The van der Waals surface area contributed by atoms with Crippen LogP contribution in [0.1, 0.15) is 25.1 Å². The Morgan fingerprint density at radius 1 is 1.60 bits per heavy atom. The second kappa shape index (κ2) is 4.92. The van der Waals surface area contributed by atoms with E-state index in [0.29, 0.717) is 6.04 Å². The lowest BCUT2D eigenvalue weighted by atomic mass is 10.2. The molecule has 1 aliphatic heterocycles. The van der Waals surface area contributed by atoms with Gasteiger partial charge in [0, 0.05) is 24.1 Å². The van der Waals surface area contributed by atoms with E-state index < -0.39 is 0 Å². The van der Waals surface area contributed by atoms with Crippen molar-refractivity contribution in [2.24, 2.45) is 0 Å². The molecule has 4 heteroatoms.